The molecular formula is C14H23N3. The summed E-state index contributed by atoms with van der Waals surface area (Å²) >= 11 is 0. The molecule has 0 saturated carbocycles. The van der Waals surface area contributed by atoms with Crippen molar-refractivity contribution in [2.75, 3.05) is 24.5 Å². The number of nitrogens with one attached hydrogen (secondary N) is 1. The number of hydrogen-bond donors (Lipinski definition) is 1. The number of rotatable bonds is 4. The Bertz CT molecular complexity index is 337. The molecule has 1 aliphatic rings. The Hall–Kier alpha value is -1.09. The van der Waals surface area contributed by atoms with Crippen LogP contribution in [-0.2, 0) is 6.54 Å². The Morgan fingerprint density at radius 3 is 2.53 bits per heavy atom. The van der Waals surface area contributed by atoms with Crippen LogP contribution in [0, 0.1) is 11.8 Å². The summed E-state index contributed by atoms with van der Waals surface area (Å²) in [6, 6.07) is 4.33. The molecule has 1 aliphatic heterocycles. The first kappa shape index (κ1) is 12.4. The maximum absolute atomic E-state index is 4.57. The van der Waals surface area contributed by atoms with Gasteiger partial charge in [-0.2, -0.15) is 0 Å². The molecular weight excluding hydrogens is 210 g/mol. The highest BCUT2D eigenvalue weighted by Crippen LogP contribution is 2.26. The topological polar surface area (TPSA) is 28.2 Å². The van der Waals surface area contributed by atoms with Gasteiger partial charge in [-0.1, -0.05) is 26.8 Å². The minimum atomic E-state index is 0.776. The van der Waals surface area contributed by atoms with E-state index in [1.165, 1.54) is 5.56 Å². The van der Waals surface area contributed by atoms with Crippen LogP contribution in [0.25, 0.3) is 0 Å². The van der Waals surface area contributed by atoms with Crippen molar-refractivity contribution < 1.29 is 0 Å². The number of aromatic nitrogens is 1. The maximum atomic E-state index is 4.57. The zero-order valence-electron chi connectivity index (χ0n) is 11.1. The SMILES string of the molecule is CCNCc1ccc(N2CC(C)C(C)C2)nc1. The van der Waals surface area contributed by atoms with Crippen molar-refractivity contribution in [1.82, 2.24) is 10.3 Å². The molecule has 2 unspecified atom stereocenters. The molecule has 1 saturated heterocycles. The molecule has 1 N–H and O–H groups in total. The third kappa shape index (κ3) is 2.97. The summed E-state index contributed by atoms with van der Waals surface area (Å²) in [5.41, 5.74) is 1.26. The quantitative estimate of drug-likeness (QED) is 0.865. The second-order valence-electron chi connectivity index (χ2n) is 5.16. The summed E-state index contributed by atoms with van der Waals surface area (Å²) in [6.07, 6.45) is 1.99. The number of anilines is 1. The van der Waals surface area contributed by atoms with Gasteiger partial charge in [-0.05, 0) is 30.0 Å². The molecule has 0 bridgehead atoms. The highest BCUT2D eigenvalue weighted by Gasteiger charge is 2.26. The third-order valence-corrected chi connectivity index (χ3v) is 3.70. The first-order valence-corrected chi connectivity index (χ1v) is 6.61. The van der Waals surface area contributed by atoms with Crippen molar-refractivity contribution >= 4 is 5.82 Å². The Kier molecular flexibility index (Phi) is 4.00. The summed E-state index contributed by atoms with van der Waals surface area (Å²) in [5, 5.41) is 3.31. The Labute approximate surface area is 104 Å². The highest BCUT2D eigenvalue weighted by molar-refractivity contribution is 5.40. The van der Waals surface area contributed by atoms with Gasteiger partial charge in [0.05, 0.1) is 0 Å². The molecule has 1 fully saturated rings. The second kappa shape index (κ2) is 5.50. The third-order valence-electron chi connectivity index (χ3n) is 3.70. The molecule has 2 rings (SSSR count). The second-order valence-corrected chi connectivity index (χ2v) is 5.16. The van der Waals surface area contributed by atoms with E-state index in [4.69, 9.17) is 0 Å². The van der Waals surface area contributed by atoms with E-state index in [9.17, 15) is 0 Å². The van der Waals surface area contributed by atoms with E-state index in [2.05, 4.69) is 48.1 Å². The highest BCUT2D eigenvalue weighted by atomic mass is 15.2. The van der Waals surface area contributed by atoms with Crippen LogP contribution in [0.15, 0.2) is 18.3 Å². The van der Waals surface area contributed by atoms with Gasteiger partial charge >= 0.3 is 0 Å². The molecule has 0 spiro atoms. The molecule has 3 nitrogen and oxygen atoms in total. The van der Waals surface area contributed by atoms with E-state index < -0.39 is 0 Å². The Morgan fingerprint density at radius 1 is 1.29 bits per heavy atom. The molecule has 0 aromatic carbocycles. The first-order valence-electron chi connectivity index (χ1n) is 6.61. The molecule has 0 amide bonds. The summed E-state index contributed by atoms with van der Waals surface area (Å²) in [6.45, 7) is 11.0. The molecule has 0 radical (unpaired) electrons. The smallest absolute Gasteiger partial charge is 0.128 e. The van der Waals surface area contributed by atoms with Crippen LogP contribution < -0.4 is 10.2 Å². The van der Waals surface area contributed by atoms with E-state index in [0.717, 1.165) is 43.8 Å². The molecule has 1 aromatic heterocycles. The average Bonchev–Trinajstić information content (AvgIpc) is 2.68. The lowest BCUT2D eigenvalue weighted by molar-refractivity contribution is 0.494. The fourth-order valence-electron chi connectivity index (χ4n) is 2.29. The minimum absolute atomic E-state index is 0.776. The standard InChI is InChI=1S/C14H23N3/c1-4-15-7-13-5-6-14(16-8-13)17-9-11(2)12(3)10-17/h5-6,8,11-12,15H,4,7,9-10H2,1-3H3. The van der Waals surface area contributed by atoms with Crippen molar-refractivity contribution in [2.45, 2.75) is 27.3 Å². The maximum Gasteiger partial charge on any atom is 0.128 e. The van der Waals surface area contributed by atoms with Gasteiger partial charge < -0.3 is 10.2 Å². The minimum Gasteiger partial charge on any atom is -0.356 e. The molecule has 17 heavy (non-hydrogen) atoms. The van der Waals surface area contributed by atoms with Crippen LogP contribution in [0.5, 0.6) is 0 Å². The summed E-state index contributed by atoms with van der Waals surface area (Å²) in [5.74, 6) is 2.68. The van der Waals surface area contributed by atoms with Gasteiger partial charge in [-0.15, -0.1) is 0 Å². The molecule has 0 aliphatic carbocycles. The van der Waals surface area contributed by atoms with Crippen LogP contribution in [-0.4, -0.2) is 24.6 Å². The number of nitrogens with zero attached hydrogens (tertiary/aromatic N) is 2. The van der Waals surface area contributed by atoms with Gasteiger partial charge in [0.2, 0.25) is 0 Å². The van der Waals surface area contributed by atoms with Crippen molar-refractivity contribution in [3.05, 3.63) is 23.9 Å². The van der Waals surface area contributed by atoms with E-state index in [1.807, 2.05) is 6.20 Å². The van der Waals surface area contributed by atoms with Crippen LogP contribution in [0.3, 0.4) is 0 Å². The summed E-state index contributed by atoms with van der Waals surface area (Å²) in [4.78, 5) is 6.96. The van der Waals surface area contributed by atoms with Gasteiger partial charge in [0.15, 0.2) is 0 Å². The van der Waals surface area contributed by atoms with Crippen LogP contribution >= 0.6 is 0 Å². The van der Waals surface area contributed by atoms with Crippen molar-refractivity contribution in [3.63, 3.8) is 0 Å². The lowest BCUT2D eigenvalue weighted by Gasteiger charge is -2.17. The monoisotopic (exact) mass is 233 g/mol. The molecule has 94 valence electrons. The van der Waals surface area contributed by atoms with Gasteiger partial charge in [-0.25, -0.2) is 4.98 Å². The zero-order valence-corrected chi connectivity index (χ0v) is 11.1. The van der Waals surface area contributed by atoms with E-state index in [1.54, 1.807) is 0 Å². The predicted molar refractivity (Wildman–Crippen MR) is 72.2 cm³/mol. The largest absolute Gasteiger partial charge is 0.356 e. The van der Waals surface area contributed by atoms with Crippen molar-refractivity contribution in [2.24, 2.45) is 11.8 Å². The van der Waals surface area contributed by atoms with Gasteiger partial charge in [0, 0.05) is 25.8 Å². The van der Waals surface area contributed by atoms with Crippen LogP contribution in [0.1, 0.15) is 26.3 Å². The van der Waals surface area contributed by atoms with Gasteiger partial charge in [0.1, 0.15) is 5.82 Å². The fourth-order valence-corrected chi connectivity index (χ4v) is 2.29. The molecule has 2 heterocycles. The number of hydrogen-bond acceptors (Lipinski definition) is 3. The lowest BCUT2D eigenvalue weighted by atomic mass is 10.0. The zero-order chi connectivity index (χ0) is 12.3. The van der Waals surface area contributed by atoms with Crippen molar-refractivity contribution in [1.29, 1.82) is 0 Å². The Balaban J connectivity index is 1.98. The van der Waals surface area contributed by atoms with Crippen LogP contribution in [0.2, 0.25) is 0 Å². The summed E-state index contributed by atoms with van der Waals surface area (Å²) < 4.78 is 0. The van der Waals surface area contributed by atoms with Gasteiger partial charge in [-0.3, -0.25) is 0 Å². The lowest BCUT2D eigenvalue weighted by Crippen LogP contribution is -2.21. The normalized spacial score (nSPS) is 24.3. The average molecular weight is 233 g/mol. The van der Waals surface area contributed by atoms with E-state index in [0.29, 0.717) is 0 Å². The van der Waals surface area contributed by atoms with Gasteiger partial charge in [0.25, 0.3) is 0 Å². The number of pyridine rings is 1. The first-order chi connectivity index (χ1) is 8.20. The summed E-state index contributed by atoms with van der Waals surface area (Å²) in [7, 11) is 0. The predicted octanol–water partition coefficient (Wildman–Crippen LogP) is 2.28. The molecule has 3 heteroatoms. The van der Waals surface area contributed by atoms with E-state index >= 15 is 0 Å². The molecule has 1 aromatic rings. The fraction of sp³-hybridized carbons (Fsp3) is 0.643. The van der Waals surface area contributed by atoms with Crippen LogP contribution in [0.4, 0.5) is 5.82 Å². The van der Waals surface area contributed by atoms with E-state index in [-0.39, 0.29) is 0 Å². The molecule has 2 atom stereocenters. The van der Waals surface area contributed by atoms with Crippen molar-refractivity contribution in [3.8, 4) is 0 Å². The Morgan fingerprint density at radius 2 is 2.00 bits per heavy atom.